The molecule has 16 heavy (non-hydrogen) atoms. The quantitative estimate of drug-likeness (QED) is 0.721. The van der Waals surface area contributed by atoms with Crippen molar-refractivity contribution in [3.63, 3.8) is 0 Å². The second-order valence-corrected chi connectivity index (χ2v) is 4.03. The van der Waals surface area contributed by atoms with E-state index < -0.39 is 0 Å². The number of rotatable bonds is 5. The Hall–Kier alpha value is -1.35. The van der Waals surface area contributed by atoms with Crippen molar-refractivity contribution in [3.05, 3.63) is 30.0 Å². The van der Waals surface area contributed by atoms with Gasteiger partial charge in [-0.1, -0.05) is 18.2 Å². The Bertz CT molecular complexity index is 462. The molecule has 0 aliphatic rings. The Morgan fingerprint density at radius 2 is 2.06 bits per heavy atom. The number of aromatic nitrogens is 2. The van der Waals surface area contributed by atoms with Gasteiger partial charge < -0.3 is 4.74 Å². The summed E-state index contributed by atoms with van der Waals surface area (Å²) in [5.41, 5.74) is 2.35. The van der Waals surface area contributed by atoms with Gasteiger partial charge in [0.1, 0.15) is 0 Å². The van der Waals surface area contributed by atoms with Crippen LogP contribution in [-0.2, 0) is 11.3 Å². The zero-order valence-electron chi connectivity index (χ0n) is 9.94. The number of para-hydroxylation sites is 1. The predicted molar refractivity (Wildman–Crippen MR) is 65.6 cm³/mol. The van der Waals surface area contributed by atoms with Gasteiger partial charge in [-0.25, -0.2) is 0 Å². The maximum absolute atomic E-state index is 5.04. The Morgan fingerprint density at radius 1 is 1.25 bits per heavy atom. The molecule has 0 bridgehead atoms. The smallest absolute Gasteiger partial charge is 0.0685 e. The predicted octanol–water partition coefficient (Wildman–Crippen LogP) is 2.77. The molecule has 0 fully saturated rings. The highest BCUT2D eigenvalue weighted by Crippen LogP contribution is 2.17. The highest BCUT2D eigenvalue weighted by Gasteiger charge is 2.05. The third-order valence-corrected chi connectivity index (χ3v) is 2.81. The monoisotopic (exact) mass is 218 g/mol. The van der Waals surface area contributed by atoms with Crippen LogP contribution in [0.25, 0.3) is 10.9 Å². The van der Waals surface area contributed by atoms with Gasteiger partial charge in [0.2, 0.25) is 0 Å². The van der Waals surface area contributed by atoms with E-state index in [2.05, 4.69) is 41.0 Å². The molecular weight excluding hydrogens is 200 g/mol. The summed E-state index contributed by atoms with van der Waals surface area (Å²) in [7, 11) is 1.74. The molecule has 1 aromatic heterocycles. The Morgan fingerprint density at radius 3 is 2.88 bits per heavy atom. The van der Waals surface area contributed by atoms with E-state index in [4.69, 9.17) is 4.74 Å². The first kappa shape index (κ1) is 11.1. The Kier molecular flexibility index (Phi) is 3.57. The van der Waals surface area contributed by atoms with Crippen LogP contribution in [-0.4, -0.2) is 23.5 Å². The lowest BCUT2D eigenvalue weighted by atomic mass is 10.2. The molecule has 2 rings (SSSR count). The number of benzene rings is 1. The molecule has 0 atom stereocenters. The minimum absolute atomic E-state index is 0.832. The summed E-state index contributed by atoms with van der Waals surface area (Å²) in [5.74, 6) is 0. The third-order valence-electron chi connectivity index (χ3n) is 2.81. The van der Waals surface area contributed by atoms with Crippen molar-refractivity contribution < 1.29 is 4.74 Å². The normalized spacial score (nSPS) is 11.1. The summed E-state index contributed by atoms with van der Waals surface area (Å²) in [6.07, 6.45) is 2.20. The number of ether oxygens (including phenoxy) is 1. The van der Waals surface area contributed by atoms with Crippen LogP contribution >= 0.6 is 0 Å². The topological polar surface area (TPSA) is 27.1 Å². The molecule has 3 nitrogen and oxygen atoms in total. The number of aryl methyl sites for hydroxylation is 2. The van der Waals surface area contributed by atoms with Crippen LogP contribution in [0.2, 0.25) is 0 Å². The van der Waals surface area contributed by atoms with E-state index in [-0.39, 0.29) is 0 Å². The average Bonchev–Trinajstić information content (AvgIpc) is 2.63. The lowest BCUT2D eigenvalue weighted by Gasteiger charge is -2.02. The van der Waals surface area contributed by atoms with E-state index in [1.165, 1.54) is 10.9 Å². The second kappa shape index (κ2) is 5.12. The van der Waals surface area contributed by atoms with E-state index in [0.717, 1.165) is 31.7 Å². The van der Waals surface area contributed by atoms with Crippen LogP contribution in [0.1, 0.15) is 18.5 Å². The molecular formula is C13H18N2O. The summed E-state index contributed by atoms with van der Waals surface area (Å²) < 4.78 is 7.14. The summed E-state index contributed by atoms with van der Waals surface area (Å²) >= 11 is 0. The third kappa shape index (κ3) is 2.25. The number of methoxy groups -OCH3 is 1. The van der Waals surface area contributed by atoms with E-state index in [1.54, 1.807) is 7.11 Å². The summed E-state index contributed by atoms with van der Waals surface area (Å²) in [6, 6.07) is 8.39. The zero-order valence-corrected chi connectivity index (χ0v) is 9.94. The minimum atomic E-state index is 0.832. The second-order valence-electron chi connectivity index (χ2n) is 4.03. The van der Waals surface area contributed by atoms with Gasteiger partial charge in [0.15, 0.2) is 0 Å². The molecule has 0 spiro atoms. The molecule has 0 saturated carbocycles. The SMILES string of the molecule is COCCCCn1nc(C)c2ccccc21. The molecule has 0 aliphatic carbocycles. The van der Waals surface area contributed by atoms with Crippen LogP contribution in [0.15, 0.2) is 24.3 Å². The molecule has 2 aromatic rings. The first-order valence-corrected chi connectivity index (χ1v) is 5.74. The van der Waals surface area contributed by atoms with Gasteiger partial charge >= 0.3 is 0 Å². The van der Waals surface area contributed by atoms with Gasteiger partial charge in [-0.3, -0.25) is 4.68 Å². The van der Waals surface area contributed by atoms with Crippen LogP contribution < -0.4 is 0 Å². The van der Waals surface area contributed by atoms with Gasteiger partial charge in [-0.15, -0.1) is 0 Å². The number of nitrogens with zero attached hydrogens (tertiary/aromatic N) is 2. The summed E-state index contributed by atoms with van der Waals surface area (Å²) in [4.78, 5) is 0. The van der Waals surface area contributed by atoms with Crippen molar-refractivity contribution in [1.29, 1.82) is 0 Å². The minimum Gasteiger partial charge on any atom is -0.385 e. The van der Waals surface area contributed by atoms with Crippen LogP contribution in [0.4, 0.5) is 0 Å². The number of hydrogen-bond acceptors (Lipinski definition) is 2. The van der Waals surface area contributed by atoms with Crippen LogP contribution in [0, 0.1) is 6.92 Å². The molecule has 0 aliphatic heterocycles. The molecule has 0 unspecified atom stereocenters. The van der Waals surface area contributed by atoms with E-state index in [1.807, 2.05) is 0 Å². The maximum Gasteiger partial charge on any atom is 0.0685 e. The maximum atomic E-state index is 5.04. The number of unbranched alkanes of at least 4 members (excludes halogenated alkanes) is 1. The fourth-order valence-corrected chi connectivity index (χ4v) is 1.97. The van der Waals surface area contributed by atoms with Crippen molar-refractivity contribution in [2.24, 2.45) is 0 Å². The molecule has 86 valence electrons. The fourth-order valence-electron chi connectivity index (χ4n) is 1.97. The lowest BCUT2D eigenvalue weighted by Crippen LogP contribution is -2.01. The molecule has 3 heteroatoms. The zero-order chi connectivity index (χ0) is 11.4. The molecule has 0 saturated heterocycles. The first-order chi connectivity index (χ1) is 7.83. The highest BCUT2D eigenvalue weighted by atomic mass is 16.5. The highest BCUT2D eigenvalue weighted by molar-refractivity contribution is 5.81. The van der Waals surface area contributed by atoms with Crippen molar-refractivity contribution >= 4 is 10.9 Å². The Labute approximate surface area is 96.0 Å². The van der Waals surface area contributed by atoms with E-state index >= 15 is 0 Å². The number of hydrogen-bond donors (Lipinski definition) is 0. The van der Waals surface area contributed by atoms with Crippen molar-refractivity contribution in [2.45, 2.75) is 26.3 Å². The first-order valence-electron chi connectivity index (χ1n) is 5.74. The van der Waals surface area contributed by atoms with Gasteiger partial charge in [-0.05, 0) is 25.8 Å². The molecule has 1 heterocycles. The van der Waals surface area contributed by atoms with E-state index in [0.29, 0.717) is 0 Å². The average molecular weight is 218 g/mol. The van der Waals surface area contributed by atoms with Gasteiger partial charge in [0, 0.05) is 25.6 Å². The molecule has 1 aromatic carbocycles. The van der Waals surface area contributed by atoms with Gasteiger partial charge in [0.05, 0.1) is 11.2 Å². The molecule has 0 radical (unpaired) electrons. The number of fused-ring (bicyclic) bond motifs is 1. The largest absolute Gasteiger partial charge is 0.385 e. The standard InChI is InChI=1S/C13H18N2O/c1-11-12-7-3-4-8-13(12)15(14-11)9-5-6-10-16-2/h3-4,7-8H,5-6,9-10H2,1-2H3. The molecule has 0 N–H and O–H groups in total. The van der Waals surface area contributed by atoms with Gasteiger partial charge in [-0.2, -0.15) is 5.10 Å². The van der Waals surface area contributed by atoms with Crippen molar-refractivity contribution in [3.8, 4) is 0 Å². The lowest BCUT2D eigenvalue weighted by molar-refractivity contribution is 0.191. The van der Waals surface area contributed by atoms with E-state index in [9.17, 15) is 0 Å². The van der Waals surface area contributed by atoms with Crippen LogP contribution in [0.5, 0.6) is 0 Å². The summed E-state index contributed by atoms with van der Waals surface area (Å²) in [6.45, 7) is 3.86. The fraction of sp³-hybridized carbons (Fsp3) is 0.462. The van der Waals surface area contributed by atoms with Crippen LogP contribution in [0.3, 0.4) is 0 Å². The van der Waals surface area contributed by atoms with Crippen molar-refractivity contribution in [2.75, 3.05) is 13.7 Å². The molecule has 0 amide bonds. The Balaban J connectivity index is 2.12. The van der Waals surface area contributed by atoms with Crippen molar-refractivity contribution in [1.82, 2.24) is 9.78 Å². The van der Waals surface area contributed by atoms with Gasteiger partial charge in [0.25, 0.3) is 0 Å². The summed E-state index contributed by atoms with van der Waals surface area (Å²) in [5, 5.41) is 5.82.